The Morgan fingerprint density at radius 3 is 2.81 bits per heavy atom. The Morgan fingerprint density at radius 2 is 2.04 bits per heavy atom. The van der Waals surface area contributed by atoms with Crippen LogP contribution in [0.5, 0.6) is 0 Å². The molecule has 0 unspecified atom stereocenters. The average Bonchev–Trinajstić information content (AvgIpc) is 3.10. The van der Waals surface area contributed by atoms with Gasteiger partial charge in [0.1, 0.15) is 13.2 Å². The van der Waals surface area contributed by atoms with Gasteiger partial charge in [-0.1, -0.05) is 30.3 Å². The predicted octanol–water partition coefficient (Wildman–Crippen LogP) is 1.89. The summed E-state index contributed by atoms with van der Waals surface area (Å²) in [5.74, 6) is -0.803. The molecule has 1 aromatic heterocycles. The van der Waals surface area contributed by atoms with E-state index < -0.39 is 5.97 Å². The molecule has 0 saturated carbocycles. The van der Waals surface area contributed by atoms with Gasteiger partial charge in [-0.15, -0.1) is 0 Å². The lowest BCUT2D eigenvalue weighted by Gasteiger charge is -2.32. The molecule has 1 fully saturated rings. The van der Waals surface area contributed by atoms with Crippen LogP contribution in [0.15, 0.2) is 42.6 Å². The van der Waals surface area contributed by atoms with E-state index in [1.165, 1.54) is 4.68 Å². The van der Waals surface area contributed by atoms with Gasteiger partial charge in [0.25, 0.3) is 0 Å². The molecule has 1 aliphatic heterocycles. The highest BCUT2D eigenvalue weighted by Crippen LogP contribution is 2.25. The summed E-state index contributed by atoms with van der Waals surface area (Å²) in [6.45, 7) is 1.65. The highest BCUT2D eigenvalue weighted by molar-refractivity contribution is 5.77. The van der Waals surface area contributed by atoms with Crippen LogP contribution in [0.25, 0.3) is 0 Å². The zero-order valence-electron chi connectivity index (χ0n) is 14.6. The van der Waals surface area contributed by atoms with Crippen LogP contribution in [0, 0.1) is 0 Å². The zero-order valence-corrected chi connectivity index (χ0v) is 14.6. The molecule has 0 radical (unpaired) electrons. The van der Waals surface area contributed by atoms with Crippen molar-refractivity contribution in [2.24, 2.45) is 0 Å². The fourth-order valence-corrected chi connectivity index (χ4v) is 3.19. The number of carboxylic acid groups (broad SMARTS) is 1. The molecule has 0 bridgehead atoms. The van der Waals surface area contributed by atoms with E-state index in [0.717, 1.165) is 30.6 Å². The van der Waals surface area contributed by atoms with Crippen molar-refractivity contribution >= 4 is 11.9 Å². The van der Waals surface area contributed by atoms with Gasteiger partial charge >= 0.3 is 5.97 Å². The second-order valence-corrected chi connectivity index (χ2v) is 6.49. The van der Waals surface area contributed by atoms with Crippen molar-refractivity contribution in [3.63, 3.8) is 0 Å². The molecule has 1 atom stereocenters. The SMILES string of the molecule is O=C(O)Cn1ccc([C@H]2CCCN(C(=O)COCc3ccccc3)C2)n1. The number of carbonyl (C=O) groups is 2. The summed E-state index contributed by atoms with van der Waals surface area (Å²) in [6.07, 6.45) is 3.52. The Labute approximate surface area is 152 Å². The Balaban J connectivity index is 1.50. The first-order valence-electron chi connectivity index (χ1n) is 8.76. The number of rotatable bonds is 7. The maximum absolute atomic E-state index is 12.4. The monoisotopic (exact) mass is 357 g/mol. The normalized spacial score (nSPS) is 17.2. The number of carboxylic acids is 1. The van der Waals surface area contributed by atoms with Gasteiger partial charge in [-0.05, 0) is 24.5 Å². The van der Waals surface area contributed by atoms with Gasteiger partial charge < -0.3 is 14.7 Å². The lowest BCUT2D eigenvalue weighted by Crippen LogP contribution is -2.41. The topological polar surface area (TPSA) is 84.7 Å². The summed E-state index contributed by atoms with van der Waals surface area (Å²) < 4.78 is 6.97. The molecule has 1 aromatic carbocycles. The maximum Gasteiger partial charge on any atom is 0.325 e. The number of ether oxygens (including phenoxy) is 1. The first-order valence-corrected chi connectivity index (χ1v) is 8.76. The summed E-state index contributed by atoms with van der Waals surface area (Å²) in [5.41, 5.74) is 1.88. The van der Waals surface area contributed by atoms with E-state index in [1.807, 2.05) is 41.3 Å². The van der Waals surface area contributed by atoms with Crippen LogP contribution in [0.3, 0.4) is 0 Å². The van der Waals surface area contributed by atoms with Crippen molar-refractivity contribution < 1.29 is 19.4 Å². The molecule has 7 heteroatoms. The van der Waals surface area contributed by atoms with Gasteiger partial charge in [-0.3, -0.25) is 14.3 Å². The van der Waals surface area contributed by atoms with Gasteiger partial charge in [0.15, 0.2) is 0 Å². The number of hydrogen-bond acceptors (Lipinski definition) is 4. The number of carbonyl (C=O) groups excluding carboxylic acids is 1. The van der Waals surface area contributed by atoms with Gasteiger partial charge in [0.2, 0.25) is 5.91 Å². The molecular formula is C19H23N3O4. The number of aliphatic carboxylic acids is 1. The zero-order chi connectivity index (χ0) is 18.4. The summed E-state index contributed by atoms with van der Waals surface area (Å²) in [4.78, 5) is 25.0. The fourth-order valence-electron chi connectivity index (χ4n) is 3.19. The number of piperidine rings is 1. The molecule has 2 aromatic rings. The molecule has 138 valence electrons. The number of nitrogens with zero attached hydrogens (tertiary/aromatic N) is 3. The van der Waals surface area contributed by atoms with Gasteiger partial charge in [0.05, 0.1) is 12.3 Å². The first-order chi connectivity index (χ1) is 12.6. The lowest BCUT2D eigenvalue weighted by atomic mass is 9.95. The largest absolute Gasteiger partial charge is 0.480 e. The standard InChI is InChI=1S/C19H23N3O4/c23-18(14-26-13-15-5-2-1-3-6-15)21-9-4-7-16(11-21)17-8-10-22(20-17)12-19(24)25/h1-3,5-6,8,10,16H,4,7,9,11-14H2,(H,24,25)/t16-/m0/s1. The van der Waals surface area contributed by atoms with Crippen LogP contribution in [0.1, 0.15) is 30.0 Å². The highest BCUT2D eigenvalue weighted by Gasteiger charge is 2.26. The molecule has 0 aliphatic carbocycles. The van der Waals surface area contributed by atoms with Crippen LogP contribution < -0.4 is 0 Å². The molecule has 1 saturated heterocycles. The quantitative estimate of drug-likeness (QED) is 0.818. The smallest absolute Gasteiger partial charge is 0.325 e. The fraction of sp³-hybridized carbons (Fsp3) is 0.421. The Kier molecular flexibility index (Phi) is 6.01. The summed E-state index contributed by atoms with van der Waals surface area (Å²) in [5, 5.41) is 13.2. The lowest BCUT2D eigenvalue weighted by molar-refractivity contribution is -0.138. The van der Waals surface area contributed by atoms with E-state index in [1.54, 1.807) is 6.20 Å². The third kappa shape index (κ3) is 4.92. The number of amides is 1. The Hall–Kier alpha value is -2.67. The Morgan fingerprint density at radius 1 is 1.23 bits per heavy atom. The minimum absolute atomic E-state index is 0.0180. The van der Waals surface area contributed by atoms with E-state index in [-0.39, 0.29) is 25.0 Å². The van der Waals surface area contributed by atoms with Crippen LogP contribution >= 0.6 is 0 Å². The van der Waals surface area contributed by atoms with Crippen molar-refractivity contribution in [1.29, 1.82) is 0 Å². The molecule has 0 spiro atoms. The number of aromatic nitrogens is 2. The van der Waals surface area contributed by atoms with Gasteiger partial charge in [-0.25, -0.2) is 0 Å². The van der Waals surface area contributed by atoms with Crippen LogP contribution in [0.2, 0.25) is 0 Å². The number of hydrogen-bond donors (Lipinski definition) is 1. The van der Waals surface area contributed by atoms with Crippen molar-refractivity contribution in [3.05, 3.63) is 53.9 Å². The average molecular weight is 357 g/mol. The summed E-state index contributed by atoms with van der Waals surface area (Å²) in [6, 6.07) is 11.6. The summed E-state index contributed by atoms with van der Waals surface area (Å²) >= 11 is 0. The molecule has 3 rings (SSSR count). The molecule has 2 heterocycles. The van der Waals surface area contributed by atoms with Crippen LogP contribution in [0.4, 0.5) is 0 Å². The third-order valence-electron chi connectivity index (χ3n) is 4.49. The van der Waals surface area contributed by atoms with E-state index in [2.05, 4.69) is 5.10 Å². The molecule has 1 N–H and O–H groups in total. The van der Waals surface area contributed by atoms with Gasteiger partial charge in [-0.2, -0.15) is 5.10 Å². The Bertz CT molecular complexity index is 744. The maximum atomic E-state index is 12.4. The number of benzene rings is 1. The van der Waals surface area contributed by atoms with Crippen molar-refractivity contribution in [2.75, 3.05) is 19.7 Å². The second kappa shape index (κ2) is 8.62. The van der Waals surface area contributed by atoms with Crippen molar-refractivity contribution in [2.45, 2.75) is 31.9 Å². The molecular weight excluding hydrogens is 334 g/mol. The van der Waals surface area contributed by atoms with Crippen LogP contribution in [-0.2, 0) is 27.5 Å². The molecule has 1 aliphatic rings. The third-order valence-corrected chi connectivity index (χ3v) is 4.49. The van der Waals surface area contributed by atoms with E-state index in [4.69, 9.17) is 9.84 Å². The van der Waals surface area contributed by atoms with E-state index in [0.29, 0.717) is 13.2 Å². The van der Waals surface area contributed by atoms with Crippen LogP contribution in [-0.4, -0.2) is 51.4 Å². The summed E-state index contributed by atoms with van der Waals surface area (Å²) in [7, 11) is 0. The van der Waals surface area contributed by atoms with E-state index in [9.17, 15) is 9.59 Å². The predicted molar refractivity (Wildman–Crippen MR) is 94.5 cm³/mol. The minimum atomic E-state index is -0.921. The highest BCUT2D eigenvalue weighted by atomic mass is 16.5. The molecule has 26 heavy (non-hydrogen) atoms. The second-order valence-electron chi connectivity index (χ2n) is 6.49. The molecule has 7 nitrogen and oxygen atoms in total. The number of likely N-dealkylation sites (tertiary alicyclic amines) is 1. The van der Waals surface area contributed by atoms with E-state index >= 15 is 0 Å². The van der Waals surface area contributed by atoms with Crippen molar-refractivity contribution in [3.8, 4) is 0 Å². The molecule has 1 amide bonds. The first kappa shape index (κ1) is 18.1. The van der Waals surface area contributed by atoms with Gasteiger partial charge in [0, 0.05) is 25.2 Å². The minimum Gasteiger partial charge on any atom is -0.480 e. The van der Waals surface area contributed by atoms with Crippen molar-refractivity contribution in [1.82, 2.24) is 14.7 Å².